The summed E-state index contributed by atoms with van der Waals surface area (Å²) < 4.78 is 10.5. The van der Waals surface area contributed by atoms with Gasteiger partial charge in [0.05, 0.1) is 16.1 Å². The standard InChI is InChI=1S/C15H15N5O5.ClH/c16-15(4-1-5-15)14-17-12(25-18-14)7-19-10-6-9(20(22)23)2-3-11(10)24-8-13(19)21;/h2-3,6H,1,4-5,7-8,16H2;1H. The first-order valence-corrected chi connectivity index (χ1v) is 7.80. The number of nitro benzene ring substituents is 1. The Labute approximate surface area is 153 Å². The molecule has 2 aromatic rings. The van der Waals surface area contributed by atoms with Gasteiger partial charge in [-0.25, -0.2) is 0 Å². The van der Waals surface area contributed by atoms with Gasteiger partial charge in [-0.1, -0.05) is 5.16 Å². The molecule has 26 heavy (non-hydrogen) atoms. The molecule has 1 saturated carbocycles. The number of rotatable bonds is 4. The molecule has 11 heteroatoms. The smallest absolute Gasteiger partial charge is 0.271 e. The minimum atomic E-state index is -0.562. The third-order valence-corrected chi connectivity index (χ3v) is 4.55. The Morgan fingerprint density at radius 3 is 2.81 bits per heavy atom. The number of carbonyl (C=O) groups excluding carboxylic acids is 1. The van der Waals surface area contributed by atoms with Crippen LogP contribution in [0.15, 0.2) is 22.7 Å². The molecule has 2 N–H and O–H groups in total. The van der Waals surface area contributed by atoms with Gasteiger partial charge in [0.25, 0.3) is 11.6 Å². The van der Waals surface area contributed by atoms with Gasteiger partial charge < -0.3 is 15.0 Å². The van der Waals surface area contributed by atoms with Crippen LogP contribution in [0.1, 0.15) is 31.0 Å². The Kier molecular flexibility index (Phi) is 4.55. The summed E-state index contributed by atoms with van der Waals surface area (Å²) in [6, 6.07) is 4.09. The van der Waals surface area contributed by atoms with Gasteiger partial charge in [0.1, 0.15) is 12.3 Å². The molecule has 2 heterocycles. The maximum Gasteiger partial charge on any atom is 0.271 e. The van der Waals surface area contributed by atoms with E-state index in [1.807, 2.05) is 0 Å². The monoisotopic (exact) mass is 381 g/mol. The van der Waals surface area contributed by atoms with E-state index in [9.17, 15) is 14.9 Å². The first kappa shape index (κ1) is 18.1. The molecular weight excluding hydrogens is 366 g/mol. The van der Waals surface area contributed by atoms with Gasteiger partial charge in [0.15, 0.2) is 12.4 Å². The van der Waals surface area contributed by atoms with Crippen LogP contribution in [0.2, 0.25) is 0 Å². The van der Waals surface area contributed by atoms with Crippen molar-refractivity contribution in [3.8, 4) is 5.75 Å². The fourth-order valence-electron chi connectivity index (χ4n) is 2.92. The number of fused-ring (bicyclic) bond motifs is 1. The Bertz CT molecular complexity index is 866. The Balaban J connectivity index is 0.00000196. The largest absolute Gasteiger partial charge is 0.482 e. The van der Waals surface area contributed by atoms with Crippen LogP contribution in [-0.2, 0) is 16.9 Å². The van der Waals surface area contributed by atoms with Crippen LogP contribution < -0.4 is 15.4 Å². The minimum Gasteiger partial charge on any atom is -0.482 e. The second kappa shape index (κ2) is 6.54. The van der Waals surface area contributed by atoms with E-state index in [4.69, 9.17) is 15.0 Å². The number of ether oxygens (including phenoxy) is 1. The van der Waals surface area contributed by atoms with Crippen molar-refractivity contribution in [1.82, 2.24) is 10.1 Å². The van der Waals surface area contributed by atoms with Crippen LogP contribution in [0.4, 0.5) is 11.4 Å². The number of nitrogens with two attached hydrogens (primary N) is 1. The third-order valence-electron chi connectivity index (χ3n) is 4.55. The van der Waals surface area contributed by atoms with Crippen molar-refractivity contribution in [2.24, 2.45) is 5.73 Å². The SMILES string of the molecule is Cl.NC1(c2noc(CN3C(=O)COc4ccc([N+](=O)[O-])cc43)n2)CCC1. The minimum absolute atomic E-state index is 0. The van der Waals surface area contributed by atoms with E-state index >= 15 is 0 Å². The molecule has 1 aliphatic carbocycles. The van der Waals surface area contributed by atoms with E-state index in [0.717, 1.165) is 19.3 Å². The van der Waals surface area contributed by atoms with Gasteiger partial charge in [0, 0.05) is 12.1 Å². The lowest BCUT2D eigenvalue weighted by Crippen LogP contribution is -2.44. The Hall–Kier alpha value is -2.72. The quantitative estimate of drug-likeness (QED) is 0.623. The van der Waals surface area contributed by atoms with Gasteiger partial charge in [0.2, 0.25) is 5.89 Å². The molecule has 0 saturated heterocycles. The summed E-state index contributed by atoms with van der Waals surface area (Å²) in [5.41, 5.74) is 5.77. The Morgan fingerprint density at radius 2 is 2.15 bits per heavy atom. The van der Waals surface area contributed by atoms with Crippen LogP contribution in [0, 0.1) is 10.1 Å². The number of nitrogens with zero attached hydrogens (tertiary/aromatic N) is 4. The molecule has 0 atom stereocenters. The molecule has 0 spiro atoms. The first-order chi connectivity index (χ1) is 12.0. The van der Waals surface area contributed by atoms with Crippen LogP contribution in [0.5, 0.6) is 5.75 Å². The molecule has 2 aliphatic rings. The van der Waals surface area contributed by atoms with Crippen molar-refractivity contribution in [2.75, 3.05) is 11.5 Å². The predicted molar refractivity (Wildman–Crippen MR) is 91.0 cm³/mol. The number of benzene rings is 1. The van der Waals surface area contributed by atoms with Crippen LogP contribution in [0.25, 0.3) is 0 Å². The highest BCUT2D eigenvalue weighted by Gasteiger charge is 2.39. The maximum atomic E-state index is 12.2. The molecule has 0 bridgehead atoms. The van der Waals surface area contributed by atoms with Crippen molar-refractivity contribution in [2.45, 2.75) is 31.3 Å². The van der Waals surface area contributed by atoms with Crippen molar-refractivity contribution in [1.29, 1.82) is 0 Å². The first-order valence-electron chi connectivity index (χ1n) is 7.80. The number of hydrogen-bond donors (Lipinski definition) is 1. The molecular formula is C15H16ClN5O5. The van der Waals surface area contributed by atoms with Gasteiger partial charge in [-0.3, -0.25) is 19.8 Å². The lowest BCUT2D eigenvalue weighted by atomic mass is 9.77. The van der Waals surface area contributed by atoms with Crippen molar-refractivity contribution < 1.29 is 19.0 Å². The summed E-state index contributed by atoms with van der Waals surface area (Å²) >= 11 is 0. The van der Waals surface area contributed by atoms with Crippen molar-refractivity contribution in [3.63, 3.8) is 0 Å². The summed E-state index contributed by atoms with van der Waals surface area (Å²) in [5.74, 6) is 0.686. The van der Waals surface area contributed by atoms with E-state index in [1.165, 1.54) is 23.1 Å². The number of aromatic nitrogens is 2. The molecule has 10 nitrogen and oxygen atoms in total. The average Bonchev–Trinajstić information content (AvgIpc) is 3.03. The van der Waals surface area contributed by atoms with Gasteiger partial charge in [-0.2, -0.15) is 4.98 Å². The summed E-state index contributed by atoms with van der Waals surface area (Å²) in [6.07, 6.45) is 2.59. The fourth-order valence-corrected chi connectivity index (χ4v) is 2.92. The van der Waals surface area contributed by atoms with Crippen LogP contribution >= 0.6 is 12.4 Å². The highest BCUT2D eigenvalue weighted by Crippen LogP contribution is 2.38. The number of nitro groups is 1. The summed E-state index contributed by atoms with van der Waals surface area (Å²) in [4.78, 5) is 28.3. The maximum absolute atomic E-state index is 12.2. The molecule has 1 aromatic carbocycles. The summed E-state index contributed by atoms with van der Waals surface area (Å²) in [5, 5.41) is 14.9. The highest BCUT2D eigenvalue weighted by molar-refractivity contribution is 5.98. The number of anilines is 1. The lowest BCUT2D eigenvalue weighted by molar-refractivity contribution is -0.384. The zero-order valence-electron chi connectivity index (χ0n) is 13.6. The zero-order valence-corrected chi connectivity index (χ0v) is 14.4. The topological polar surface area (TPSA) is 138 Å². The molecule has 138 valence electrons. The van der Waals surface area contributed by atoms with Crippen LogP contribution in [-0.4, -0.2) is 27.6 Å². The lowest BCUT2D eigenvalue weighted by Gasteiger charge is -2.34. The molecule has 4 rings (SSSR count). The second-order valence-electron chi connectivity index (χ2n) is 6.20. The number of hydrogen-bond acceptors (Lipinski definition) is 8. The second-order valence-corrected chi connectivity index (χ2v) is 6.20. The van der Waals surface area contributed by atoms with Gasteiger partial charge >= 0.3 is 0 Å². The zero-order chi connectivity index (χ0) is 17.6. The fraction of sp³-hybridized carbons (Fsp3) is 0.400. The van der Waals surface area contributed by atoms with E-state index in [-0.39, 0.29) is 43.0 Å². The van der Waals surface area contributed by atoms with E-state index in [2.05, 4.69) is 10.1 Å². The normalized spacial score (nSPS) is 17.6. The number of amides is 1. The molecule has 1 fully saturated rings. The van der Waals surface area contributed by atoms with Crippen molar-refractivity contribution in [3.05, 3.63) is 40.0 Å². The molecule has 0 radical (unpaired) electrons. The molecule has 1 aromatic heterocycles. The van der Waals surface area contributed by atoms with Crippen LogP contribution in [0.3, 0.4) is 0 Å². The number of non-ortho nitro benzene ring substituents is 1. The van der Waals surface area contributed by atoms with Gasteiger partial charge in [-0.15, -0.1) is 12.4 Å². The molecule has 1 amide bonds. The van der Waals surface area contributed by atoms with E-state index in [1.54, 1.807) is 0 Å². The predicted octanol–water partition coefficient (Wildman–Crippen LogP) is 1.66. The van der Waals surface area contributed by atoms with Crippen molar-refractivity contribution >= 4 is 29.7 Å². The number of carbonyl (C=O) groups is 1. The van der Waals surface area contributed by atoms with Gasteiger partial charge in [-0.05, 0) is 25.3 Å². The third kappa shape index (κ3) is 2.97. The average molecular weight is 382 g/mol. The van der Waals surface area contributed by atoms with E-state index < -0.39 is 10.5 Å². The summed E-state index contributed by atoms with van der Waals surface area (Å²) in [6.45, 7) is -0.161. The summed E-state index contributed by atoms with van der Waals surface area (Å²) in [7, 11) is 0. The molecule has 1 aliphatic heterocycles. The molecule has 0 unspecified atom stereocenters. The highest BCUT2D eigenvalue weighted by atomic mass is 35.5. The number of halogens is 1. The van der Waals surface area contributed by atoms with E-state index in [0.29, 0.717) is 17.3 Å². The Morgan fingerprint density at radius 1 is 1.38 bits per heavy atom.